The number of nitrogen functional groups attached to an aromatic ring is 1. The number of nitrogens with zero attached hydrogens (tertiary/aromatic N) is 1. The average Bonchev–Trinajstić information content (AvgIpc) is 2.73. The molecule has 0 aliphatic rings. The van der Waals surface area contributed by atoms with Gasteiger partial charge in [-0.1, -0.05) is 11.3 Å². The van der Waals surface area contributed by atoms with Crippen molar-refractivity contribution in [3.8, 4) is 0 Å². The number of methoxy groups -OCH3 is 1. The van der Waals surface area contributed by atoms with Gasteiger partial charge in [-0.15, -0.1) is 0 Å². The van der Waals surface area contributed by atoms with Gasteiger partial charge in [0.25, 0.3) is 5.91 Å². The number of anilines is 2. The fourth-order valence-corrected chi connectivity index (χ4v) is 2.31. The van der Waals surface area contributed by atoms with Crippen LogP contribution in [0.15, 0.2) is 0 Å². The van der Waals surface area contributed by atoms with Crippen molar-refractivity contribution in [2.24, 2.45) is 0 Å². The topological polar surface area (TPSA) is 98.5 Å². The van der Waals surface area contributed by atoms with E-state index in [4.69, 9.17) is 15.2 Å². The highest BCUT2D eigenvalue weighted by molar-refractivity contribution is 7.18. The van der Waals surface area contributed by atoms with Crippen LogP contribution < -0.4 is 16.4 Å². The normalized spacial score (nSPS) is 10.8. The fourth-order valence-electron chi connectivity index (χ4n) is 1.36. The van der Waals surface area contributed by atoms with Gasteiger partial charge in [-0.05, 0) is 13.8 Å². The molecule has 1 heterocycles. The standard InChI is InChI=1S/C12H22N4O3S/c1-8(2)15-12-16-10(13)9(20-12)11(17)14-4-5-19-7-6-18-3/h8H,4-7,13H2,1-3H3,(H,14,17)(H,15,16). The zero-order valence-corrected chi connectivity index (χ0v) is 12.9. The predicted octanol–water partition coefficient (Wildman–Crippen LogP) is 0.938. The van der Waals surface area contributed by atoms with Crippen LogP contribution in [0.3, 0.4) is 0 Å². The van der Waals surface area contributed by atoms with Crippen LogP contribution in [0.1, 0.15) is 23.5 Å². The molecule has 0 bridgehead atoms. The van der Waals surface area contributed by atoms with Crippen molar-refractivity contribution in [3.05, 3.63) is 4.88 Å². The van der Waals surface area contributed by atoms with Gasteiger partial charge in [0.1, 0.15) is 10.7 Å². The van der Waals surface area contributed by atoms with E-state index in [1.807, 2.05) is 13.8 Å². The number of hydrogen-bond donors (Lipinski definition) is 3. The monoisotopic (exact) mass is 302 g/mol. The summed E-state index contributed by atoms with van der Waals surface area (Å²) < 4.78 is 10.1. The number of nitrogens with one attached hydrogen (secondary N) is 2. The van der Waals surface area contributed by atoms with E-state index >= 15 is 0 Å². The lowest BCUT2D eigenvalue weighted by Crippen LogP contribution is -2.27. The number of rotatable bonds is 9. The maximum atomic E-state index is 11.9. The second-order valence-electron chi connectivity index (χ2n) is 4.39. The van der Waals surface area contributed by atoms with E-state index in [2.05, 4.69) is 15.6 Å². The minimum absolute atomic E-state index is 0.229. The van der Waals surface area contributed by atoms with Gasteiger partial charge in [0.05, 0.1) is 19.8 Å². The van der Waals surface area contributed by atoms with Crippen LogP contribution in [0.5, 0.6) is 0 Å². The molecule has 8 heteroatoms. The van der Waals surface area contributed by atoms with E-state index in [0.717, 1.165) is 0 Å². The summed E-state index contributed by atoms with van der Waals surface area (Å²) in [5.74, 6) is 0.0168. The Balaban J connectivity index is 2.37. The lowest BCUT2D eigenvalue weighted by molar-refractivity contribution is 0.0693. The van der Waals surface area contributed by atoms with Gasteiger partial charge in [-0.3, -0.25) is 4.79 Å². The molecule has 7 nitrogen and oxygen atoms in total. The second-order valence-corrected chi connectivity index (χ2v) is 5.39. The number of ether oxygens (including phenoxy) is 2. The van der Waals surface area contributed by atoms with Crippen molar-refractivity contribution in [2.75, 3.05) is 44.5 Å². The fraction of sp³-hybridized carbons (Fsp3) is 0.667. The van der Waals surface area contributed by atoms with E-state index in [0.29, 0.717) is 36.4 Å². The number of carbonyl (C=O) groups excluding carboxylic acids is 1. The summed E-state index contributed by atoms with van der Waals surface area (Å²) in [6, 6.07) is 0.241. The molecule has 0 saturated carbocycles. The third kappa shape index (κ3) is 5.72. The highest BCUT2D eigenvalue weighted by atomic mass is 32.1. The van der Waals surface area contributed by atoms with E-state index in [-0.39, 0.29) is 17.8 Å². The van der Waals surface area contributed by atoms with Crippen molar-refractivity contribution < 1.29 is 14.3 Å². The average molecular weight is 302 g/mol. The summed E-state index contributed by atoms with van der Waals surface area (Å²) in [6.45, 7) is 5.90. The van der Waals surface area contributed by atoms with Crippen LogP contribution in [-0.2, 0) is 9.47 Å². The Morgan fingerprint density at radius 3 is 2.80 bits per heavy atom. The molecule has 0 unspecified atom stereocenters. The number of thiazole rings is 1. The van der Waals surface area contributed by atoms with Gasteiger partial charge in [-0.25, -0.2) is 4.98 Å². The molecule has 20 heavy (non-hydrogen) atoms. The number of aromatic nitrogens is 1. The van der Waals surface area contributed by atoms with Crippen molar-refractivity contribution in [1.29, 1.82) is 0 Å². The second kappa shape index (κ2) is 8.72. The summed E-state index contributed by atoms with van der Waals surface area (Å²) in [5.41, 5.74) is 5.74. The van der Waals surface area contributed by atoms with Crippen molar-refractivity contribution in [1.82, 2.24) is 10.3 Å². The molecule has 1 aromatic rings. The van der Waals surface area contributed by atoms with Crippen LogP contribution in [0.4, 0.5) is 10.9 Å². The molecule has 0 spiro atoms. The quantitative estimate of drug-likeness (QED) is 0.587. The van der Waals surface area contributed by atoms with Gasteiger partial charge >= 0.3 is 0 Å². The molecule has 0 radical (unpaired) electrons. The first-order valence-corrected chi connectivity index (χ1v) is 7.24. The molecule has 1 amide bonds. The Bertz CT molecular complexity index is 423. The molecule has 4 N–H and O–H groups in total. The lowest BCUT2D eigenvalue weighted by Gasteiger charge is -2.05. The molecular formula is C12H22N4O3S. The number of nitrogens with two attached hydrogens (primary N) is 1. The molecule has 0 aliphatic carbocycles. The van der Waals surface area contributed by atoms with E-state index in [9.17, 15) is 4.79 Å². The number of carbonyl (C=O) groups is 1. The summed E-state index contributed by atoms with van der Waals surface area (Å²) in [7, 11) is 1.61. The van der Waals surface area contributed by atoms with Crippen LogP contribution in [0.2, 0.25) is 0 Å². The van der Waals surface area contributed by atoms with Crippen LogP contribution in [-0.4, -0.2) is 50.4 Å². The molecule has 0 saturated heterocycles. The van der Waals surface area contributed by atoms with Crippen molar-refractivity contribution in [2.45, 2.75) is 19.9 Å². The summed E-state index contributed by atoms with van der Waals surface area (Å²) in [6.07, 6.45) is 0. The first-order valence-electron chi connectivity index (χ1n) is 6.42. The van der Waals surface area contributed by atoms with E-state index in [1.54, 1.807) is 7.11 Å². The van der Waals surface area contributed by atoms with Crippen LogP contribution in [0, 0.1) is 0 Å². The molecule has 0 fully saturated rings. The summed E-state index contributed by atoms with van der Waals surface area (Å²) in [4.78, 5) is 16.5. The van der Waals surface area contributed by atoms with Crippen molar-refractivity contribution >= 4 is 28.2 Å². The Labute approximate surface area is 122 Å². The van der Waals surface area contributed by atoms with Crippen LogP contribution >= 0.6 is 11.3 Å². The smallest absolute Gasteiger partial charge is 0.265 e. The van der Waals surface area contributed by atoms with Crippen LogP contribution in [0.25, 0.3) is 0 Å². The molecule has 0 atom stereocenters. The number of hydrogen-bond acceptors (Lipinski definition) is 7. The predicted molar refractivity (Wildman–Crippen MR) is 80.3 cm³/mol. The lowest BCUT2D eigenvalue weighted by atomic mass is 10.4. The summed E-state index contributed by atoms with van der Waals surface area (Å²) in [5, 5.41) is 6.51. The molecule has 0 aliphatic heterocycles. The zero-order valence-electron chi connectivity index (χ0n) is 12.1. The number of amides is 1. The van der Waals surface area contributed by atoms with Gasteiger partial charge in [0.2, 0.25) is 0 Å². The Kier molecular flexibility index (Phi) is 7.27. The van der Waals surface area contributed by atoms with E-state index in [1.165, 1.54) is 11.3 Å². The SMILES string of the molecule is COCCOCCNC(=O)c1sc(NC(C)C)nc1N. The van der Waals surface area contributed by atoms with Crippen molar-refractivity contribution in [3.63, 3.8) is 0 Å². The Morgan fingerprint density at radius 2 is 2.15 bits per heavy atom. The first kappa shape index (κ1) is 16.7. The van der Waals surface area contributed by atoms with Gasteiger partial charge < -0.3 is 25.8 Å². The Hall–Kier alpha value is -1.38. The molecule has 0 aromatic carbocycles. The largest absolute Gasteiger partial charge is 0.382 e. The third-order valence-corrected chi connectivity index (χ3v) is 3.24. The van der Waals surface area contributed by atoms with Gasteiger partial charge in [0.15, 0.2) is 5.13 Å². The van der Waals surface area contributed by atoms with Gasteiger partial charge in [-0.2, -0.15) is 0 Å². The summed E-state index contributed by atoms with van der Waals surface area (Å²) >= 11 is 1.25. The minimum atomic E-state index is -0.229. The highest BCUT2D eigenvalue weighted by Gasteiger charge is 2.16. The Morgan fingerprint density at radius 1 is 1.40 bits per heavy atom. The van der Waals surface area contributed by atoms with Gasteiger partial charge in [0, 0.05) is 19.7 Å². The first-order chi connectivity index (χ1) is 9.54. The molecule has 114 valence electrons. The van der Waals surface area contributed by atoms with E-state index < -0.39 is 0 Å². The minimum Gasteiger partial charge on any atom is -0.382 e. The highest BCUT2D eigenvalue weighted by Crippen LogP contribution is 2.25. The molecular weight excluding hydrogens is 280 g/mol. The molecule has 1 rings (SSSR count). The third-order valence-electron chi connectivity index (χ3n) is 2.24. The molecule has 1 aromatic heterocycles. The maximum Gasteiger partial charge on any atom is 0.265 e. The maximum absolute atomic E-state index is 11.9. The zero-order chi connectivity index (χ0) is 15.0.